The van der Waals surface area contributed by atoms with Crippen molar-refractivity contribution in [1.82, 2.24) is 0 Å². The van der Waals surface area contributed by atoms with E-state index in [1.54, 1.807) is 13.0 Å². The molecule has 0 aromatic heterocycles. The van der Waals surface area contributed by atoms with Gasteiger partial charge in [0.25, 0.3) is 0 Å². The van der Waals surface area contributed by atoms with Crippen molar-refractivity contribution < 1.29 is 15.0 Å². The molecule has 4 heteroatoms. The molecule has 0 saturated heterocycles. The maximum atomic E-state index is 11.1. The van der Waals surface area contributed by atoms with Gasteiger partial charge in [0.2, 0.25) is 0 Å². The van der Waals surface area contributed by atoms with Crippen molar-refractivity contribution in [3.63, 3.8) is 0 Å². The minimum atomic E-state index is -0.892. The number of carboxylic acid groups (broad SMARTS) is 1. The number of aryl methyl sites for hydroxylation is 1. The molecule has 0 aliphatic heterocycles. The van der Waals surface area contributed by atoms with Gasteiger partial charge < -0.3 is 10.2 Å². The first kappa shape index (κ1) is 15.4. The molecule has 0 radical (unpaired) electrons. The van der Waals surface area contributed by atoms with Crippen LogP contribution in [0.2, 0.25) is 0 Å². The fraction of sp³-hybridized carbons (Fsp3) is 0.562. The molecule has 110 valence electrons. The van der Waals surface area contributed by atoms with Crippen molar-refractivity contribution in [2.24, 2.45) is 5.92 Å². The second-order valence-electron chi connectivity index (χ2n) is 5.63. The lowest BCUT2D eigenvalue weighted by Crippen LogP contribution is -2.14. The maximum Gasteiger partial charge on any atom is 0.335 e. The lowest BCUT2D eigenvalue weighted by Gasteiger charge is -2.15. The molecule has 0 heterocycles. The molecule has 2 N–H and O–H groups in total. The third kappa shape index (κ3) is 4.25. The van der Waals surface area contributed by atoms with E-state index in [1.165, 1.54) is 37.4 Å². The van der Waals surface area contributed by atoms with Gasteiger partial charge in [-0.1, -0.05) is 31.7 Å². The minimum Gasteiger partial charge on any atom is -0.478 e. The van der Waals surface area contributed by atoms with Crippen LogP contribution in [0, 0.1) is 12.8 Å². The zero-order valence-electron chi connectivity index (χ0n) is 11.8. The SMILES string of the molecule is Cc1ccc(SCC(O)CC2CCCC2)cc1C(=O)O. The first-order valence-electron chi connectivity index (χ1n) is 7.21. The minimum absolute atomic E-state index is 0.294. The number of rotatable bonds is 6. The summed E-state index contributed by atoms with van der Waals surface area (Å²) in [5, 5.41) is 19.2. The molecule has 2 rings (SSSR count). The summed E-state index contributed by atoms with van der Waals surface area (Å²) in [6.45, 7) is 1.80. The van der Waals surface area contributed by atoms with Crippen molar-refractivity contribution in [2.45, 2.75) is 50.0 Å². The third-order valence-electron chi connectivity index (χ3n) is 3.96. The van der Waals surface area contributed by atoms with Crippen LogP contribution in [0.5, 0.6) is 0 Å². The highest BCUT2D eigenvalue weighted by Crippen LogP contribution is 2.30. The highest BCUT2D eigenvalue weighted by Gasteiger charge is 2.19. The van der Waals surface area contributed by atoms with E-state index < -0.39 is 5.97 Å². The Kier molecular flexibility index (Phi) is 5.49. The number of hydrogen-bond donors (Lipinski definition) is 2. The quantitative estimate of drug-likeness (QED) is 0.785. The number of benzene rings is 1. The topological polar surface area (TPSA) is 57.5 Å². The van der Waals surface area contributed by atoms with Crippen LogP contribution in [-0.2, 0) is 0 Å². The highest BCUT2D eigenvalue weighted by molar-refractivity contribution is 7.99. The van der Waals surface area contributed by atoms with Gasteiger partial charge in [0.15, 0.2) is 0 Å². The van der Waals surface area contributed by atoms with Crippen LogP contribution < -0.4 is 0 Å². The summed E-state index contributed by atoms with van der Waals surface area (Å²) in [7, 11) is 0. The van der Waals surface area contributed by atoms with Crippen molar-refractivity contribution >= 4 is 17.7 Å². The molecule has 1 aromatic carbocycles. The Bertz CT molecular complexity index is 467. The van der Waals surface area contributed by atoms with E-state index in [9.17, 15) is 9.90 Å². The van der Waals surface area contributed by atoms with E-state index in [2.05, 4.69) is 0 Å². The summed E-state index contributed by atoms with van der Waals surface area (Å²) < 4.78 is 0. The Morgan fingerprint density at radius 2 is 2.10 bits per heavy atom. The van der Waals surface area contributed by atoms with E-state index in [1.807, 2.05) is 12.1 Å². The Labute approximate surface area is 124 Å². The molecule has 0 bridgehead atoms. The number of aliphatic hydroxyl groups is 1. The van der Waals surface area contributed by atoms with E-state index in [0.29, 0.717) is 17.2 Å². The zero-order chi connectivity index (χ0) is 14.5. The molecular formula is C16H22O3S. The van der Waals surface area contributed by atoms with Crippen LogP contribution in [0.1, 0.15) is 48.0 Å². The standard InChI is InChI=1S/C16H22O3S/c1-11-6-7-14(9-15(11)16(18)19)20-10-13(17)8-12-4-2-3-5-12/h6-7,9,12-13,17H,2-5,8,10H2,1H3,(H,18,19). The molecule has 3 nitrogen and oxygen atoms in total. The fourth-order valence-corrected chi connectivity index (χ4v) is 3.70. The Hall–Kier alpha value is -1.00. The zero-order valence-corrected chi connectivity index (χ0v) is 12.7. The van der Waals surface area contributed by atoms with Crippen molar-refractivity contribution in [2.75, 3.05) is 5.75 Å². The second-order valence-corrected chi connectivity index (χ2v) is 6.73. The smallest absolute Gasteiger partial charge is 0.335 e. The van der Waals surface area contributed by atoms with Crippen LogP contribution in [0.4, 0.5) is 0 Å². The largest absolute Gasteiger partial charge is 0.478 e. The molecule has 1 saturated carbocycles. The molecule has 1 aromatic rings. The second kappa shape index (κ2) is 7.14. The van der Waals surface area contributed by atoms with E-state index in [-0.39, 0.29) is 6.10 Å². The summed E-state index contributed by atoms with van der Waals surface area (Å²) in [6, 6.07) is 5.45. The molecule has 1 unspecified atom stereocenters. The van der Waals surface area contributed by atoms with Crippen molar-refractivity contribution in [3.05, 3.63) is 29.3 Å². The Balaban J connectivity index is 1.86. The van der Waals surface area contributed by atoms with Gasteiger partial charge in [0, 0.05) is 10.6 Å². The lowest BCUT2D eigenvalue weighted by molar-refractivity contribution is 0.0696. The molecule has 1 aliphatic carbocycles. The summed E-state index contributed by atoms with van der Waals surface area (Å²) in [6.07, 6.45) is 5.67. The predicted molar refractivity (Wildman–Crippen MR) is 81.4 cm³/mol. The number of hydrogen-bond acceptors (Lipinski definition) is 3. The Morgan fingerprint density at radius 3 is 2.75 bits per heavy atom. The van der Waals surface area contributed by atoms with Gasteiger partial charge in [0.05, 0.1) is 11.7 Å². The third-order valence-corrected chi connectivity index (χ3v) is 5.10. The van der Waals surface area contributed by atoms with Crippen molar-refractivity contribution in [3.8, 4) is 0 Å². The molecule has 1 aliphatic rings. The number of thioether (sulfide) groups is 1. The first-order chi connectivity index (χ1) is 9.56. The van der Waals surface area contributed by atoms with Gasteiger partial charge >= 0.3 is 5.97 Å². The van der Waals surface area contributed by atoms with E-state index in [4.69, 9.17) is 5.11 Å². The normalized spacial score (nSPS) is 17.3. The lowest BCUT2D eigenvalue weighted by atomic mass is 10.0. The summed E-state index contributed by atoms with van der Waals surface area (Å²) >= 11 is 1.54. The molecular weight excluding hydrogens is 272 g/mol. The molecule has 0 spiro atoms. The van der Waals surface area contributed by atoms with Gasteiger partial charge in [-0.05, 0) is 37.0 Å². The van der Waals surface area contributed by atoms with Crippen LogP contribution in [0.3, 0.4) is 0 Å². The fourth-order valence-electron chi connectivity index (χ4n) is 2.81. The summed E-state index contributed by atoms with van der Waals surface area (Å²) in [5.74, 6) is 0.424. The first-order valence-corrected chi connectivity index (χ1v) is 8.19. The molecule has 0 amide bonds. The molecule has 1 fully saturated rings. The van der Waals surface area contributed by atoms with E-state index >= 15 is 0 Å². The summed E-state index contributed by atoms with van der Waals surface area (Å²) in [4.78, 5) is 12.0. The number of aromatic carboxylic acids is 1. The number of aliphatic hydroxyl groups excluding tert-OH is 1. The van der Waals surface area contributed by atoms with Gasteiger partial charge in [-0.3, -0.25) is 0 Å². The van der Waals surface area contributed by atoms with Gasteiger partial charge in [-0.15, -0.1) is 11.8 Å². The summed E-state index contributed by atoms with van der Waals surface area (Å²) in [5.41, 5.74) is 1.12. The van der Waals surface area contributed by atoms with E-state index in [0.717, 1.165) is 16.9 Å². The van der Waals surface area contributed by atoms with Crippen LogP contribution in [0.15, 0.2) is 23.1 Å². The van der Waals surface area contributed by atoms with Crippen LogP contribution in [-0.4, -0.2) is 28.0 Å². The Morgan fingerprint density at radius 1 is 1.40 bits per heavy atom. The maximum absolute atomic E-state index is 11.1. The van der Waals surface area contributed by atoms with Crippen molar-refractivity contribution in [1.29, 1.82) is 0 Å². The van der Waals surface area contributed by atoms with Crippen LogP contribution in [0.25, 0.3) is 0 Å². The van der Waals surface area contributed by atoms with Gasteiger partial charge in [-0.25, -0.2) is 4.79 Å². The average Bonchev–Trinajstić information content (AvgIpc) is 2.90. The number of carbonyl (C=O) groups is 1. The monoisotopic (exact) mass is 294 g/mol. The van der Waals surface area contributed by atoms with Gasteiger partial charge in [-0.2, -0.15) is 0 Å². The van der Waals surface area contributed by atoms with Crippen LogP contribution >= 0.6 is 11.8 Å². The number of carboxylic acids is 1. The predicted octanol–water partition coefficient (Wildman–Crippen LogP) is 3.73. The average molecular weight is 294 g/mol. The highest BCUT2D eigenvalue weighted by atomic mass is 32.2. The molecule has 1 atom stereocenters. The molecule has 20 heavy (non-hydrogen) atoms. The van der Waals surface area contributed by atoms with Gasteiger partial charge in [0.1, 0.15) is 0 Å².